The van der Waals surface area contributed by atoms with Crippen molar-refractivity contribution >= 4 is 27.7 Å². The predicted molar refractivity (Wildman–Crippen MR) is 66.1 cm³/mol. The van der Waals surface area contributed by atoms with Crippen molar-refractivity contribution in [1.29, 1.82) is 0 Å². The molecule has 0 aromatic rings. The van der Waals surface area contributed by atoms with Crippen molar-refractivity contribution in [1.82, 2.24) is 10.6 Å². The minimum atomic E-state index is -3.27. The maximum atomic E-state index is 11.4. The zero-order valence-electron chi connectivity index (χ0n) is 10.5. The molecule has 19 heavy (non-hydrogen) atoms. The summed E-state index contributed by atoms with van der Waals surface area (Å²) in [7, 11) is -3.27. The maximum Gasteiger partial charge on any atom is 0.326 e. The Bertz CT molecular complexity index is 461. The van der Waals surface area contributed by atoms with Crippen molar-refractivity contribution in [3.63, 3.8) is 0 Å². The average molecular weight is 295 g/mol. The van der Waals surface area contributed by atoms with Crippen molar-refractivity contribution in [2.75, 3.05) is 12.0 Å². The van der Waals surface area contributed by atoms with E-state index in [1.807, 2.05) is 5.32 Å². The van der Waals surface area contributed by atoms with Gasteiger partial charge in [0.25, 0.3) is 0 Å². The number of aliphatic carboxylic acids is 1. The second-order valence-corrected chi connectivity index (χ2v) is 6.36. The lowest BCUT2D eigenvalue weighted by molar-refractivity contribution is -0.140. The largest absolute Gasteiger partial charge is 0.480 e. The molecule has 2 atom stereocenters. The number of amides is 3. The van der Waals surface area contributed by atoms with E-state index in [1.165, 1.54) is 6.92 Å². The van der Waals surface area contributed by atoms with Gasteiger partial charge in [-0.05, 0) is 6.92 Å². The number of nitrogens with one attached hydrogen (secondary N) is 2. The van der Waals surface area contributed by atoms with Gasteiger partial charge in [-0.1, -0.05) is 0 Å². The molecule has 10 heteroatoms. The van der Waals surface area contributed by atoms with Crippen LogP contribution in [-0.2, 0) is 19.4 Å². The number of carbonyl (C=O) groups excluding carboxylic acids is 2. The lowest BCUT2D eigenvalue weighted by Crippen LogP contribution is -2.50. The van der Waals surface area contributed by atoms with Crippen LogP contribution in [-0.4, -0.2) is 55.5 Å². The quantitative estimate of drug-likeness (QED) is 0.427. The Morgan fingerprint density at radius 3 is 2.16 bits per heavy atom. The summed E-state index contributed by atoms with van der Waals surface area (Å²) >= 11 is 0. The highest BCUT2D eigenvalue weighted by atomic mass is 32.2. The Morgan fingerprint density at radius 2 is 1.79 bits per heavy atom. The molecule has 0 saturated heterocycles. The monoisotopic (exact) mass is 295 g/mol. The third-order valence-corrected chi connectivity index (χ3v) is 3.04. The Labute approximate surface area is 110 Å². The number of rotatable bonds is 7. The van der Waals surface area contributed by atoms with Gasteiger partial charge in [0.05, 0.1) is 12.2 Å². The van der Waals surface area contributed by atoms with E-state index in [9.17, 15) is 22.8 Å². The van der Waals surface area contributed by atoms with Crippen LogP contribution in [0.4, 0.5) is 4.79 Å². The standard InChI is InChI=1S/C9H17N3O6S/c1-5(4-19(2,17)18)11-9(16)12-6(8(14)15)3-7(10)13/h5-6H,3-4H2,1-2H3,(H2,10,13)(H,14,15)(H2,11,12,16)/t5?,6-/m0/s1. The van der Waals surface area contributed by atoms with Crippen molar-refractivity contribution < 1.29 is 27.9 Å². The van der Waals surface area contributed by atoms with Crippen LogP contribution in [0.5, 0.6) is 0 Å². The first-order chi connectivity index (χ1) is 8.51. The number of carbonyl (C=O) groups is 3. The normalized spacial score (nSPS) is 14.2. The number of hydrogen-bond acceptors (Lipinski definition) is 5. The number of sulfone groups is 1. The Kier molecular flexibility index (Phi) is 6.25. The van der Waals surface area contributed by atoms with Gasteiger partial charge in [0.2, 0.25) is 5.91 Å². The lowest BCUT2D eigenvalue weighted by Gasteiger charge is -2.17. The molecule has 0 aromatic heterocycles. The molecule has 0 fully saturated rings. The fraction of sp³-hybridized carbons (Fsp3) is 0.667. The molecule has 0 spiro atoms. The van der Waals surface area contributed by atoms with Gasteiger partial charge < -0.3 is 21.5 Å². The first-order valence-corrected chi connectivity index (χ1v) is 7.33. The van der Waals surface area contributed by atoms with E-state index in [4.69, 9.17) is 10.8 Å². The third kappa shape index (κ3) is 8.83. The first kappa shape index (κ1) is 17.2. The van der Waals surface area contributed by atoms with E-state index in [1.54, 1.807) is 0 Å². The molecule has 1 unspecified atom stereocenters. The van der Waals surface area contributed by atoms with Gasteiger partial charge in [-0.2, -0.15) is 0 Å². The molecular formula is C9H17N3O6S. The molecule has 3 amide bonds. The van der Waals surface area contributed by atoms with E-state index in [2.05, 4.69) is 5.32 Å². The lowest BCUT2D eigenvalue weighted by atomic mass is 10.2. The van der Waals surface area contributed by atoms with Crippen LogP contribution >= 0.6 is 0 Å². The number of nitrogens with two attached hydrogens (primary N) is 1. The smallest absolute Gasteiger partial charge is 0.326 e. The third-order valence-electron chi connectivity index (χ3n) is 1.94. The molecule has 110 valence electrons. The summed E-state index contributed by atoms with van der Waals surface area (Å²) in [6.45, 7) is 1.45. The van der Waals surface area contributed by atoms with Crippen LogP contribution in [0.2, 0.25) is 0 Å². The van der Waals surface area contributed by atoms with E-state index in [0.29, 0.717) is 0 Å². The van der Waals surface area contributed by atoms with Crippen molar-refractivity contribution in [3.05, 3.63) is 0 Å². The molecule has 9 nitrogen and oxygen atoms in total. The summed E-state index contributed by atoms with van der Waals surface area (Å²) < 4.78 is 21.9. The zero-order valence-corrected chi connectivity index (χ0v) is 11.4. The highest BCUT2D eigenvalue weighted by molar-refractivity contribution is 7.90. The molecule has 0 aliphatic heterocycles. The van der Waals surface area contributed by atoms with Crippen LogP contribution in [0, 0.1) is 0 Å². The SMILES string of the molecule is CC(CS(C)(=O)=O)NC(=O)N[C@@H](CC(N)=O)C(=O)O. The molecule has 0 aromatic carbocycles. The molecule has 0 aliphatic carbocycles. The van der Waals surface area contributed by atoms with Crippen LogP contribution in [0.25, 0.3) is 0 Å². The molecule has 0 rings (SSSR count). The van der Waals surface area contributed by atoms with Gasteiger partial charge in [-0.3, -0.25) is 4.79 Å². The Balaban J connectivity index is 4.42. The second-order valence-electron chi connectivity index (χ2n) is 4.17. The van der Waals surface area contributed by atoms with Crippen LogP contribution in [0.3, 0.4) is 0 Å². The highest BCUT2D eigenvalue weighted by Crippen LogP contribution is 1.94. The maximum absolute atomic E-state index is 11.4. The van der Waals surface area contributed by atoms with Gasteiger partial charge in [-0.25, -0.2) is 18.0 Å². The van der Waals surface area contributed by atoms with E-state index < -0.39 is 46.2 Å². The van der Waals surface area contributed by atoms with E-state index in [-0.39, 0.29) is 5.75 Å². The second kappa shape index (κ2) is 6.92. The van der Waals surface area contributed by atoms with Gasteiger partial charge >= 0.3 is 12.0 Å². The van der Waals surface area contributed by atoms with Crippen LogP contribution in [0.1, 0.15) is 13.3 Å². The molecule has 0 saturated carbocycles. The zero-order chi connectivity index (χ0) is 15.2. The predicted octanol–water partition coefficient (Wildman–Crippen LogP) is -1.95. The van der Waals surface area contributed by atoms with Crippen LogP contribution in [0.15, 0.2) is 0 Å². The summed E-state index contributed by atoms with van der Waals surface area (Å²) in [6.07, 6.45) is 0.458. The van der Waals surface area contributed by atoms with Gasteiger partial charge in [0, 0.05) is 12.3 Å². The van der Waals surface area contributed by atoms with Crippen LogP contribution < -0.4 is 16.4 Å². The number of carboxylic acids is 1. The Morgan fingerprint density at radius 1 is 1.26 bits per heavy atom. The molecule has 0 heterocycles. The molecular weight excluding hydrogens is 278 g/mol. The van der Waals surface area contributed by atoms with E-state index in [0.717, 1.165) is 6.26 Å². The van der Waals surface area contributed by atoms with Crippen molar-refractivity contribution in [2.45, 2.75) is 25.4 Å². The van der Waals surface area contributed by atoms with Gasteiger partial charge in [-0.15, -0.1) is 0 Å². The molecule has 0 aliphatic rings. The number of hydrogen-bond donors (Lipinski definition) is 4. The number of urea groups is 1. The first-order valence-electron chi connectivity index (χ1n) is 5.27. The summed E-state index contributed by atoms with van der Waals surface area (Å²) in [6, 6.07) is -3.04. The molecule has 5 N–H and O–H groups in total. The van der Waals surface area contributed by atoms with Crippen molar-refractivity contribution in [3.8, 4) is 0 Å². The van der Waals surface area contributed by atoms with Gasteiger partial charge in [0.15, 0.2) is 0 Å². The highest BCUT2D eigenvalue weighted by Gasteiger charge is 2.23. The topological polar surface area (TPSA) is 156 Å². The fourth-order valence-corrected chi connectivity index (χ4v) is 2.31. The summed E-state index contributed by atoms with van der Waals surface area (Å²) in [5.74, 6) is -2.57. The average Bonchev–Trinajstić information content (AvgIpc) is 2.11. The van der Waals surface area contributed by atoms with E-state index >= 15 is 0 Å². The van der Waals surface area contributed by atoms with Gasteiger partial charge in [0.1, 0.15) is 15.9 Å². The number of carboxylic acid groups (broad SMARTS) is 1. The molecule has 0 radical (unpaired) electrons. The summed E-state index contributed by atoms with van der Waals surface area (Å²) in [4.78, 5) is 32.8. The van der Waals surface area contributed by atoms with Crippen molar-refractivity contribution in [2.24, 2.45) is 5.73 Å². The fourth-order valence-electron chi connectivity index (χ4n) is 1.32. The summed E-state index contributed by atoms with van der Waals surface area (Å²) in [5.41, 5.74) is 4.84. The minimum Gasteiger partial charge on any atom is -0.480 e. The number of primary amides is 1. The molecule has 0 bridgehead atoms. The Hall–Kier alpha value is -1.84. The summed E-state index contributed by atoms with van der Waals surface area (Å²) in [5, 5.41) is 13.0. The minimum absolute atomic E-state index is 0.284.